The maximum atomic E-state index is 12.1. The minimum atomic E-state index is -0.222. The van der Waals surface area contributed by atoms with Gasteiger partial charge in [0, 0.05) is 25.9 Å². The fourth-order valence-corrected chi connectivity index (χ4v) is 1.72. The molecule has 1 aromatic rings. The van der Waals surface area contributed by atoms with E-state index in [2.05, 4.69) is 5.32 Å². The minimum Gasteiger partial charge on any atom is -0.395 e. The monoisotopic (exact) mass is 266 g/mol. The van der Waals surface area contributed by atoms with Gasteiger partial charge in [0.05, 0.1) is 13.2 Å². The highest BCUT2D eigenvalue weighted by Crippen LogP contribution is 2.18. The first kappa shape index (κ1) is 15.5. The molecule has 0 saturated carbocycles. The van der Waals surface area contributed by atoms with E-state index in [-0.39, 0.29) is 12.6 Å². The van der Waals surface area contributed by atoms with Gasteiger partial charge in [0.1, 0.15) is 0 Å². The summed E-state index contributed by atoms with van der Waals surface area (Å²) in [7, 11) is 1.58. The Balaban J connectivity index is 2.72. The van der Waals surface area contributed by atoms with Crippen molar-refractivity contribution < 1.29 is 14.6 Å². The molecule has 5 nitrogen and oxygen atoms in total. The Morgan fingerprint density at radius 3 is 2.74 bits per heavy atom. The lowest BCUT2D eigenvalue weighted by Crippen LogP contribution is -2.39. The second kappa shape index (κ2) is 7.76. The van der Waals surface area contributed by atoms with Crippen LogP contribution in [0.2, 0.25) is 0 Å². The quantitative estimate of drug-likeness (QED) is 0.825. The van der Waals surface area contributed by atoms with E-state index in [0.717, 1.165) is 16.8 Å². The van der Waals surface area contributed by atoms with E-state index >= 15 is 0 Å². The highest BCUT2D eigenvalue weighted by molar-refractivity contribution is 5.90. The number of ether oxygens (including phenoxy) is 1. The summed E-state index contributed by atoms with van der Waals surface area (Å²) in [5, 5.41) is 11.9. The first-order valence-electron chi connectivity index (χ1n) is 6.32. The molecule has 0 atom stereocenters. The number of aliphatic hydroxyl groups excluding tert-OH is 1. The number of benzene rings is 1. The fraction of sp³-hybridized carbons (Fsp3) is 0.500. The molecule has 0 aliphatic carbocycles. The van der Waals surface area contributed by atoms with E-state index in [9.17, 15) is 4.79 Å². The van der Waals surface area contributed by atoms with E-state index in [4.69, 9.17) is 9.84 Å². The number of carbonyl (C=O) groups excluding carboxylic acids is 1. The first-order chi connectivity index (χ1) is 9.10. The topological polar surface area (TPSA) is 61.8 Å². The first-order valence-corrected chi connectivity index (χ1v) is 6.32. The van der Waals surface area contributed by atoms with Crippen molar-refractivity contribution in [2.24, 2.45) is 0 Å². The van der Waals surface area contributed by atoms with Crippen LogP contribution in [-0.2, 0) is 4.74 Å². The van der Waals surface area contributed by atoms with Gasteiger partial charge in [-0.1, -0.05) is 12.1 Å². The van der Waals surface area contributed by atoms with Crippen LogP contribution in [0.1, 0.15) is 11.1 Å². The molecule has 0 saturated heterocycles. The van der Waals surface area contributed by atoms with Crippen LogP contribution in [0.3, 0.4) is 0 Å². The van der Waals surface area contributed by atoms with Gasteiger partial charge in [-0.05, 0) is 31.0 Å². The normalized spacial score (nSPS) is 10.3. The number of urea groups is 1. The van der Waals surface area contributed by atoms with E-state index < -0.39 is 0 Å². The maximum Gasteiger partial charge on any atom is 0.322 e. The summed E-state index contributed by atoms with van der Waals surface area (Å²) in [6, 6.07) is 5.55. The van der Waals surface area contributed by atoms with Crippen molar-refractivity contribution in [1.82, 2.24) is 4.90 Å². The molecule has 0 aliphatic rings. The third-order valence-corrected chi connectivity index (χ3v) is 3.07. The van der Waals surface area contributed by atoms with E-state index in [1.54, 1.807) is 7.11 Å². The Kier molecular flexibility index (Phi) is 6.32. The molecule has 1 rings (SSSR count). The number of nitrogens with zero attached hydrogens (tertiary/aromatic N) is 1. The molecule has 0 bridgehead atoms. The van der Waals surface area contributed by atoms with Crippen LogP contribution >= 0.6 is 0 Å². The van der Waals surface area contributed by atoms with Gasteiger partial charge in [-0.15, -0.1) is 0 Å². The minimum absolute atomic E-state index is 0.0655. The second-order valence-corrected chi connectivity index (χ2v) is 4.38. The number of methoxy groups -OCH3 is 1. The molecule has 0 heterocycles. The van der Waals surface area contributed by atoms with Gasteiger partial charge in [0.15, 0.2) is 0 Å². The van der Waals surface area contributed by atoms with E-state index in [1.165, 1.54) is 4.90 Å². The van der Waals surface area contributed by atoms with Crippen molar-refractivity contribution in [1.29, 1.82) is 0 Å². The summed E-state index contributed by atoms with van der Waals surface area (Å²) in [5.41, 5.74) is 2.97. The lowest BCUT2D eigenvalue weighted by molar-refractivity contribution is 0.142. The predicted molar refractivity (Wildman–Crippen MR) is 75.5 cm³/mol. The number of hydrogen-bond acceptors (Lipinski definition) is 3. The summed E-state index contributed by atoms with van der Waals surface area (Å²) in [5.74, 6) is 0. The van der Waals surface area contributed by atoms with E-state index in [1.807, 2.05) is 32.0 Å². The number of aryl methyl sites for hydroxylation is 1. The van der Waals surface area contributed by atoms with Crippen LogP contribution in [0, 0.1) is 13.8 Å². The zero-order valence-electron chi connectivity index (χ0n) is 11.8. The largest absolute Gasteiger partial charge is 0.395 e. The lowest BCUT2D eigenvalue weighted by atomic mass is 10.1. The van der Waals surface area contributed by atoms with Crippen LogP contribution in [-0.4, -0.2) is 49.5 Å². The van der Waals surface area contributed by atoms with Crippen molar-refractivity contribution in [3.8, 4) is 0 Å². The Morgan fingerprint density at radius 2 is 2.11 bits per heavy atom. The highest BCUT2D eigenvalue weighted by Gasteiger charge is 2.13. The van der Waals surface area contributed by atoms with Crippen molar-refractivity contribution in [3.63, 3.8) is 0 Å². The number of carbonyl (C=O) groups is 1. The molecule has 19 heavy (non-hydrogen) atoms. The third kappa shape index (κ3) is 4.54. The SMILES string of the molecule is COCCN(CCO)C(=O)Nc1cccc(C)c1C. The van der Waals surface area contributed by atoms with E-state index in [0.29, 0.717) is 19.7 Å². The van der Waals surface area contributed by atoms with Gasteiger partial charge in [-0.2, -0.15) is 0 Å². The number of hydrogen-bond donors (Lipinski definition) is 2. The summed E-state index contributed by atoms with van der Waals surface area (Å²) in [4.78, 5) is 13.7. The van der Waals surface area contributed by atoms with Crippen LogP contribution in [0.4, 0.5) is 10.5 Å². The van der Waals surface area contributed by atoms with Gasteiger partial charge < -0.3 is 20.1 Å². The molecule has 5 heteroatoms. The van der Waals surface area contributed by atoms with Crippen molar-refractivity contribution in [2.75, 3.05) is 38.7 Å². The molecular formula is C14H22N2O3. The Bertz CT molecular complexity index is 421. The number of aliphatic hydroxyl groups is 1. The zero-order valence-corrected chi connectivity index (χ0v) is 11.8. The average molecular weight is 266 g/mol. The van der Waals surface area contributed by atoms with Gasteiger partial charge in [-0.3, -0.25) is 0 Å². The Hall–Kier alpha value is -1.59. The number of amides is 2. The second-order valence-electron chi connectivity index (χ2n) is 4.38. The molecular weight excluding hydrogens is 244 g/mol. The predicted octanol–water partition coefficient (Wildman–Crippen LogP) is 1.78. The van der Waals surface area contributed by atoms with Gasteiger partial charge in [0.2, 0.25) is 0 Å². The van der Waals surface area contributed by atoms with Gasteiger partial charge in [-0.25, -0.2) is 4.79 Å². The molecule has 0 aliphatic heterocycles. The smallest absolute Gasteiger partial charge is 0.322 e. The Labute approximate surface area is 114 Å². The van der Waals surface area contributed by atoms with Crippen LogP contribution in [0.25, 0.3) is 0 Å². The number of anilines is 1. The number of nitrogens with one attached hydrogen (secondary N) is 1. The molecule has 2 amide bonds. The lowest BCUT2D eigenvalue weighted by Gasteiger charge is -2.22. The van der Waals surface area contributed by atoms with Crippen molar-refractivity contribution in [2.45, 2.75) is 13.8 Å². The van der Waals surface area contributed by atoms with Crippen molar-refractivity contribution >= 4 is 11.7 Å². The number of rotatable bonds is 6. The third-order valence-electron chi connectivity index (χ3n) is 3.07. The molecule has 106 valence electrons. The molecule has 1 aromatic carbocycles. The van der Waals surface area contributed by atoms with Crippen molar-refractivity contribution in [3.05, 3.63) is 29.3 Å². The summed E-state index contributed by atoms with van der Waals surface area (Å²) < 4.78 is 4.96. The van der Waals surface area contributed by atoms with Crippen LogP contribution in [0.15, 0.2) is 18.2 Å². The average Bonchev–Trinajstić information content (AvgIpc) is 2.39. The molecule has 0 spiro atoms. The summed E-state index contributed by atoms with van der Waals surface area (Å²) in [6.07, 6.45) is 0. The Morgan fingerprint density at radius 1 is 1.37 bits per heavy atom. The van der Waals surface area contributed by atoms with Crippen LogP contribution < -0.4 is 5.32 Å². The van der Waals surface area contributed by atoms with Crippen LogP contribution in [0.5, 0.6) is 0 Å². The van der Waals surface area contributed by atoms with Gasteiger partial charge in [0.25, 0.3) is 0 Å². The molecule has 0 radical (unpaired) electrons. The fourth-order valence-electron chi connectivity index (χ4n) is 1.72. The molecule has 0 fully saturated rings. The molecule has 2 N–H and O–H groups in total. The summed E-state index contributed by atoms with van der Waals surface area (Å²) in [6.45, 7) is 5.09. The molecule has 0 unspecified atom stereocenters. The van der Waals surface area contributed by atoms with Gasteiger partial charge >= 0.3 is 6.03 Å². The maximum absolute atomic E-state index is 12.1. The zero-order chi connectivity index (χ0) is 14.3. The molecule has 0 aromatic heterocycles. The highest BCUT2D eigenvalue weighted by atomic mass is 16.5. The standard InChI is InChI=1S/C14H22N2O3/c1-11-5-4-6-13(12(11)2)15-14(18)16(7-9-17)8-10-19-3/h4-6,17H,7-10H2,1-3H3,(H,15,18). The summed E-state index contributed by atoms with van der Waals surface area (Å²) >= 11 is 0.